The molecular weight excluding hydrogens is 590 g/mol. The van der Waals surface area contributed by atoms with Crippen molar-refractivity contribution in [1.82, 2.24) is 5.32 Å². The van der Waals surface area contributed by atoms with E-state index in [0.29, 0.717) is 17.5 Å². The maximum atomic E-state index is 13.4. The van der Waals surface area contributed by atoms with E-state index in [1.54, 1.807) is 7.05 Å². The molecule has 13 nitrogen and oxygen atoms in total. The highest BCUT2D eigenvalue weighted by Crippen LogP contribution is 2.44. The third kappa shape index (κ3) is 7.88. The van der Waals surface area contributed by atoms with Crippen molar-refractivity contribution in [2.75, 3.05) is 26.8 Å². The van der Waals surface area contributed by atoms with Gasteiger partial charge in [-0.25, -0.2) is 4.79 Å². The molecule has 0 aromatic heterocycles. The van der Waals surface area contributed by atoms with Crippen LogP contribution in [0.25, 0.3) is 12.2 Å². The smallest absolute Gasteiger partial charge is 0.336 e. The number of aliphatic hydroxyl groups is 1. The molecule has 13 heteroatoms. The quantitative estimate of drug-likeness (QED) is 0.140. The second-order valence-corrected chi connectivity index (χ2v) is 11.2. The molecule has 2 aliphatic rings. The van der Waals surface area contributed by atoms with E-state index in [9.17, 15) is 45.0 Å². The Labute approximate surface area is 259 Å². The van der Waals surface area contributed by atoms with Gasteiger partial charge in [0, 0.05) is 26.0 Å². The van der Waals surface area contributed by atoms with Crippen molar-refractivity contribution in [2.45, 2.75) is 55.2 Å². The van der Waals surface area contributed by atoms with E-state index in [2.05, 4.69) is 5.32 Å². The van der Waals surface area contributed by atoms with Gasteiger partial charge in [0.2, 0.25) is 0 Å². The first-order valence-electron chi connectivity index (χ1n) is 14.3. The van der Waals surface area contributed by atoms with Crippen molar-refractivity contribution < 1.29 is 59.2 Å². The second kappa shape index (κ2) is 14.2. The van der Waals surface area contributed by atoms with Gasteiger partial charge in [-0.2, -0.15) is 0 Å². The highest BCUT2D eigenvalue weighted by molar-refractivity contribution is 5.97. The minimum absolute atomic E-state index is 0.0232. The Balaban J connectivity index is 1.57. The highest BCUT2D eigenvalue weighted by Gasteiger charge is 2.61. The Bertz CT molecular complexity index is 1470. The van der Waals surface area contributed by atoms with E-state index in [0.717, 1.165) is 6.08 Å². The molecule has 0 radical (unpaired) electrons. The molecule has 2 aromatic rings. The summed E-state index contributed by atoms with van der Waals surface area (Å²) in [5.74, 6) is -3.84. The first-order valence-corrected chi connectivity index (χ1v) is 14.3. The Kier molecular flexibility index (Phi) is 10.6. The number of carbonyl (C=O) groups is 3. The molecule has 0 amide bonds. The zero-order chi connectivity index (χ0) is 32.8. The molecule has 2 aromatic carbocycles. The molecule has 1 saturated heterocycles. The summed E-state index contributed by atoms with van der Waals surface area (Å²) in [6.45, 7) is -0.511. The summed E-state index contributed by atoms with van der Waals surface area (Å²) in [6.07, 6.45) is 1.63. The zero-order valence-electron chi connectivity index (χ0n) is 24.6. The first kappa shape index (κ1) is 33.6. The number of fused-ring (bicyclic) bond motifs is 1. The fourth-order valence-electron chi connectivity index (χ4n) is 5.70. The summed E-state index contributed by atoms with van der Waals surface area (Å²) >= 11 is 0. The number of likely N-dealkylation sites (N-methyl/N-ethyl adjacent to an activating group) is 1. The van der Waals surface area contributed by atoms with Gasteiger partial charge in [-0.1, -0.05) is 24.3 Å². The highest BCUT2D eigenvalue weighted by atomic mass is 16.6. The fourth-order valence-corrected chi connectivity index (χ4v) is 5.70. The number of ether oxygens (including phenoxy) is 3. The number of hydrogen-bond donors (Lipinski definition) is 7. The lowest BCUT2D eigenvalue weighted by Gasteiger charge is -2.53. The molecule has 242 valence electrons. The molecule has 2 fully saturated rings. The third-order valence-electron chi connectivity index (χ3n) is 7.85. The lowest BCUT2D eigenvalue weighted by Crippen LogP contribution is -2.69. The number of aliphatic hydroxyl groups excluding tert-OH is 1. The number of phenols is 4. The molecule has 1 saturated carbocycles. The van der Waals surface area contributed by atoms with Crippen LogP contribution in [0.4, 0.5) is 0 Å². The van der Waals surface area contributed by atoms with Crippen LogP contribution in [0.3, 0.4) is 0 Å². The number of phenolic OH excluding ortho intramolecular Hbond substituents is 4. The number of ketones is 2. The molecule has 5 atom stereocenters. The second-order valence-electron chi connectivity index (χ2n) is 11.2. The van der Waals surface area contributed by atoms with Crippen LogP contribution in [-0.2, 0) is 28.6 Å². The van der Waals surface area contributed by atoms with Crippen LogP contribution in [0.5, 0.6) is 23.0 Å². The van der Waals surface area contributed by atoms with Gasteiger partial charge in [0.1, 0.15) is 24.4 Å². The normalized spacial score (nSPS) is 27.1. The Hall–Kier alpha value is -4.27. The van der Waals surface area contributed by atoms with Gasteiger partial charge in [-0.05, 0) is 67.4 Å². The molecule has 7 N–H and O–H groups in total. The number of carbonyl (C=O) groups excluding carboxylic acids is 2. The SMILES string of the molecule is CNCC12CC(OCC(=O)C=Cc3ccc(O)c(O)c3)(C(=O)O)CC(O)C1OCCCC(C(=O)C=Cc1ccc(O)c(O)c1)O2. The van der Waals surface area contributed by atoms with Crippen LogP contribution < -0.4 is 5.32 Å². The Morgan fingerprint density at radius 1 is 0.978 bits per heavy atom. The van der Waals surface area contributed by atoms with Gasteiger partial charge in [0.25, 0.3) is 0 Å². The molecule has 0 spiro atoms. The standard InChI is InChI=1S/C32H37NO12/c1-33-18-32-17-31(30(41)42,44-16-21(34)8-4-19-5-9-22(35)25(38)13-19)15-27(40)29(32)43-12-2-3-28(45-32)24(37)11-7-20-6-10-23(36)26(39)14-20/h4-11,13-14,27-29,33,35-36,38-40H,2-3,12,15-18H2,1H3,(H,41,42). The summed E-state index contributed by atoms with van der Waals surface area (Å²) in [5.41, 5.74) is -2.79. The molecule has 45 heavy (non-hydrogen) atoms. The molecule has 0 bridgehead atoms. The number of aromatic hydroxyl groups is 4. The molecule has 4 rings (SSSR count). The molecule has 5 unspecified atom stereocenters. The monoisotopic (exact) mass is 627 g/mol. The number of rotatable bonds is 11. The molecule has 1 heterocycles. The number of carboxylic acids is 1. The predicted molar refractivity (Wildman–Crippen MR) is 160 cm³/mol. The van der Waals surface area contributed by atoms with Crippen molar-refractivity contribution in [3.8, 4) is 23.0 Å². The van der Waals surface area contributed by atoms with E-state index < -0.39 is 60.1 Å². The van der Waals surface area contributed by atoms with Crippen molar-refractivity contribution in [2.24, 2.45) is 0 Å². The zero-order valence-corrected chi connectivity index (χ0v) is 24.6. The van der Waals surface area contributed by atoms with Gasteiger partial charge < -0.3 is 50.2 Å². The molecular formula is C32H37NO12. The summed E-state index contributed by atoms with van der Waals surface area (Å²) in [7, 11) is 1.60. The maximum absolute atomic E-state index is 13.4. The number of carboxylic acid groups (broad SMARTS) is 1. The van der Waals surface area contributed by atoms with Crippen molar-refractivity contribution in [1.29, 1.82) is 0 Å². The summed E-state index contributed by atoms with van der Waals surface area (Å²) in [5, 5.41) is 63.0. The van der Waals surface area contributed by atoms with Crippen LogP contribution in [0.2, 0.25) is 0 Å². The maximum Gasteiger partial charge on any atom is 0.336 e. The van der Waals surface area contributed by atoms with Crippen LogP contribution in [0.15, 0.2) is 48.6 Å². The Morgan fingerprint density at radius 3 is 2.18 bits per heavy atom. The van der Waals surface area contributed by atoms with Crippen LogP contribution in [0.1, 0.15) is 36.8 Å². The number of benzene rings is 2. The largest absolute Gasteiger partial charge is 0.504 e. The average molecular weight is 628 g/mol. The van der Waals surface area contributed by atoms with Gasteiger partial charge in [0.05, 0.1) is 6.10 Å². The predicted octanol–water partition coefficient (Wildman–Crippen LogP) is 1.89. The summed E-state index contributed by atoms with van der Waals surface area (Å²) in [4.78, 5) is 38.8. The van der Waals surface area contributed by atoms with E-state index >= 15 is 0 Å². The lowest BCUT2D eigenvalue weighted by atomic mass is 9.70. The molecule has 1 aliphatic carbocycles. The van der Waals surface area contributed by atoms with Crippen molar-refractivity contribution >= 4 is 29.7 Å². The third-order valence-corrected chi connectivity index (χ3v) is 7.85. The van der Waals surface area contributed by atoms with Crippen molar-refractivity contribution in [3.63, 3.8) is 0 Å². The summed E-state index contributed by atoms with van der Waals surface area (Å²) in [6, 6.07) is 8.02. The van der Waals surface area contributed by atoms with Gasteiger partial charge in [-0.3, -0.25) is 9.59 Å². The minimum atomic E-state index is -2.08. The fraction of sp³-hybridized carbons (Fsp3) is 0.406. The molecule has 1 aliphatic heterocycles. The van der Waals surface area contributed by atoms with E-state index in [4.69, 9.17) is 14.2 Å². The minimum Gasteiger partial charge on any atom is -0.504 e. The van der Waals surface area contributed by atoms with Crippen LogP contribution in [-0.4, -0.2) is 104 Å². The van der Waals surface area contributed by atoms with E-state index in [-0.39, 0.29) is 49.0 Å². The summed E-state index contributed by atoms with van der Waals surface area (Å²) < 4.78 is 18.1. The number of hydrogen-bond acceptors (Lipinski definition) is 12. The topological polar surface area (TPSA) is 212 Å². The number of nitrogens with one attached hydrogen (secondary N) is 1. The van der Waals surface area contributed by atoms with E-state index in [1.807, 2.05) is 0 Å². The van der Waals surface area contributed by atoms with Crippen LogP contribution in [0, 0.1) is 0 Å². The van der Waals surface area contributed by atoms with Gasteiger partial charge in [-0.15, -0.1) is 0 Å². The first-order chi connectivity index (χ1) is 21.4. The van der Waals surface area contributed by atoms with Crippen molar-refractivity contribution in [3.05, 3.63) is 59.7 Å². The Morgan fingerprint density at radius 2 is 1.60 bits per heavy atom. The van der Waals surface area contributed by atoms with E-state index in [1.165, 1.54) is 54.6 Å². The van der Waals surface area contributed by atoms with Gasteiger partial charge >= 0.3 is 5.97 Å². The number of aliphatic carboxylic acids is 1. The lowest BCUT2D eigenvalue weighted by molar-refractivity contribution is -0.264. The van der Waals surface area contributed by atoms with Crippen LogP contribution >= 0.6 is 0 Å². The van der Waals surface area contributed by atoms with Gasteiger partial charge in [0.15, 0.2) is 40.2 Å². The average Bonchev–Trinajstić information content (AvgIpc) is 2.98.